The van der Waals surface area contributed by atoms with Crippen molar-refractivity contribution < 1.29 is 24.0 Å². The molecule has 7 nitrogen and oxygen atoms in total. The van der Waals surface area contributed by atoms with Gasteiger partial charge in [0.1, 0.15) is 5.60 Å². The van der Waals surface area contributed by atoms with Crippen molar-refractivity contribution in [1.29, 1.82) is 0 Å². The fourth-order valence-electron chi connectivity index (χ4n) is 1.29. The van der Waals surface area contributed by atoms with Crippen molar-refractivity contribution in [2.75, 3.05) is 0 Å². The predicted octanol–water partition coefficient (Wildman–Crippen LogP) is 2.13. The minimum atomic E-state index is -1.19. The zero-order valence-electron chi connectivity index (χ0n) is 11.6. The van der Waals surface area contributed by atoms with E-state index in [0.29, 0.717) is 0 Å². The first-order valence-electron chi connectivity index (χ1n) is 5.73. The molecule has 19 heavy (non-hydrogen) atoms. The molecule has 0 spiro atoms. The Morgan fingerprint density at radius 2 is 1.89 bits per heavy atom. The number of carboxylic acid groups (broad SMARTS) is 1. The highest BCUT2D eigenvalue weighted by Crippen LogP contribution is 2.21. The van der Waals surface area contributed by atoms with Gasteiger partial charge in [-0.3, -0.25) is 0 Å². The molecule has 1 aromatic rings. The van der Waals surface area contributed by atoms with E-state index in [4.69, 9.17) is 14.4 Å². The molecule has 0 saturated heterocycles. The van der Waals surface area contributed by atoms with Crippen molar-refractivity contribution in [2.24, 2.45) is 0 Å². The van der Waals surface area contributed by atoms with Crippen LogP contribution in [-0.2, 0) is 10.3 Å². The second-order valence-electron chi connectivity index (χ2n) is 5.63. The molecule has 0 aromatic carbocycles. The first-order valence-corrected chi connectivity index (χ1v) is 5.73. The average Bonchev–Trinajstić information content (AvgIpc) is 2.61. The summed E-state index contributed by atoms with van der Waals surface area (Å²) in [5.41, 5.74) is -1.76. The average molecular weight is 270 g/mol. The van der Waals surface area contributed by atoms with Crippen molar-refractivity contribution >= 4 is 12.1 Å². The second-order valence-corrected chi connectivity index (χ2v) is 5.63. The van der Waals surface area contributed by atoms with Gasteiger partial charge in [-0.15, -0.1) is 0 Å². The number of nitrogens with one attached hydrogen (secondary N) is 1. The summed E-state index contributed by atoms with van der Waals surface area (Å²) in [6, 6.07) is 1.26. The molecular formula is C12H18N2O5. The molecule has 1 amide bonds. The van der Waals surface area contributed by atoms with E-state index in [1.807, 2.05) is 0 Å². The molecule has 0 aliphatic rings. The number of rotatable bonds is 3. The lowest BCUT2D eigenvalue weighted by Crippen LogP contribution is -2.43. The molecule has 0 fully saturated rings. The Morgan fingerprint density at radius 1 is 1.32 bits per heavy atom. The van der Waals surface area contributed by atoms with Crippen LogP contribution in [0.25, 0.3) is 0 Å². The van der Waals surface area contributed by atoms with Crippen molar-refractivity contribution in [3.63, 3.8) is 0 Å². The number of aromatic nitrogens is 1. The van der Waals surface area contributed by atoms with Gasteiger partial charge in [-0.2, -0.15) is 0 Å². The molecule has 1 aromatic heterocycles. The van der Waals surface area contributed by atoms with Gasteiger partial charge in [0.25, 0.3) is 0 Å². The predicted molar refractivity (Wildman–Crippen MR) is 65.9 cm³/mol. The molecule has 106 valence electrons. The van der Waals surface area contributed by atoms with Gasteiger partial charge >= 0.3 is 12.1 Å². The van der Waals surface area contributed by atoms with Crippen molar-refractivity contribution in [1.82, 2.24) is 10.5 Å². The van der Waals surface area contributed by atoms with Crippen LogP contribution in [0.5, 0.6) is 0 Å². The fraction of sp³-hybridized carbons (Fsp3) is 0.583. The summed E-state index contributed by atoms with van der Waals surface area (Å²) >= 11 is 0. The van der Waals surface area contributed by atoms with E-state index in [0.717, 1.165) is 0 Å². The Hall–Kier alpha value is -2.05. The van der Waals surface area contributed by atoms with Crippen LogP contribution in [0, 0.1) is 0 Å². The van der Waals surface area contributed by atoms with Gasteiger partial charge in [0.05, 0.1) is 5.54 Å². The number of hydrogen-bond acceptors (Lipinski definition) is 5. The van der Waals surface area contributed by atoms with Crippen LogP contribution in [0.3, 0.4) is 0 Å². The van der Waals surface area contributed by atoms with Crippen LogP contribution >= 0.6 is 0 Å². The summed E-state index contributed by atoms with van der Waals surface area (Å²) in [5.74, 6) is -0.959. The minimum Gasteiger partial charge on any atom is -0.476 e. The standard InChI is InChI=1S/C12H18N2O5/c1-11(2,3)18-10(17)13-12(4,5)8-6-7(9(15)16)14-19-8/h6H,1-5H3,(H,13,17)(H,15,16). The summed E-state index contributed by atoms with van der Waals surface area (Å²) in [6.07, 6.45) is -0.620. The van der Waals surface area contributed by atoms with Crippen molar-refractivity contribution in [3.05, 3.63) is 17.5 Å². The smallest absolute Gasteiger partial charge is 0.408 e. The first-order chi connectivity index (χ1) is 8.51. The third-order valence-electron chi connectivity index (χ3n) is 2.16. The molecular weight excluding hydrogens is 252 g/mol. The first kappa shape index (κ1) is 15.0. The highest BCUT2D eigenvalue weighted by atomic mass is 16.6. The number of carbonyl (C=O) groups is 2. The molecule has 0 atom stereocenters. The van der Waals surface area contributed by atoms with Crippen LogP contribution < -0.4 is 5.32 Å². The van der Waals surface area contributed by atoms with Crippen molar-refractivity contribution in [2.45, 2.75) is 45.8 Å². The molecule has 1 heterocycles. The molecule has 0 saturated carbocycles. The number of hydrogen-bond donors (Lipinski definition) is 2. The molecule has 0 bridgehead atoms. The maximum atomic E-state index is 11.7. The summed E-state index contributed by atoms with van der Waals surface area (Å²) in [5, 5.41) is 14.8. The fourth-order valence-corrected chi connectivity index (χ4v) is 1.29. The van der Waals surface area contributed by atoms with Gasteiger partial charge < -0.3 is 19.7 Å². The summed E-state index contributed by atoms with van der Waals surface area (Å²) in [4.78, 5) is 22.4. The quantitative estimate of drug-likeness (QED) is 0.872. The number of aromatic carboxylic acids is 1. The SMILES string of the molecule is CC(C)(C)OC(=O)NC(C)(C)c1cc(C(=O)O)no1. The Balaban J connectivity index is 2.79. The Kier molecular flexibility index (Phi) is 3.88. The third-order valence-corrected chi connectivity index (χ3v) is 2.16. The lowest BCUT2D eigenvalue weighted by atomic mass is 10.0. The maximum Gasteiger partial charge on any atom is 0.408 e. The highest BCUT2D eigenvalue weighted by Gasteiger charge is 2.30. The van der Waals surface area contributed by atoms with E-state index < -0.39 is 23.2 Å². The number of amides is 1. The largest absolute Gasteiger partial charge is 0.476 e. The maximum absolute atomic E-state index is 11.7. The Morgan fingerprint density at radius 3 is 2.32 bits per heavy atom. The summed E-state index contributed by atoms with van der Waals surface area (Å²) in [7, 11) is 0. The monoisotopic (exact) mass is 270 g/mol. The molecule has 7 heteroatoms. The van der Waals surface area contributed by atoms with Crippen LogP contribution in [0.1, 0.15) is 50.9 Å². The number of nitrogens with zero attached hydrogens (tertiary/aromatic N) is 1. The molecule has 0 aliphatic heterocycles. The van der Waals surface area contributed by atoms with E-state index in [9.17, 15) is 9.59 Å². The number of carbonyl (C=O) groups excluding carboxylic acids is 1. The zero-order valence-corrected chi connectivity index (χ0v) is 11.6. The summed E-state index contributed by atoms with van der Waals surface area (Å²) < 4.78 is 10.0. The van der Waals surface area contributed by atoms with Crippen LogP contribution in [-0.4, -0.2) is 27.9 Å². The van der Waals surface area contributed by atoms with Gasteiger partial charge in [0.15, 0.2) is 11.5 Å². The lowest BCUT2D eigenvalue weighted by molar-refractivity contribution is 0.0454. The molecule has 2 N–H and O–H groups in total. The van der Waals surface area contributed by atoms with Gasteiger partial charge in [0, 0.05) is 6.07 Å². The third kappa shape index (κ3) is 4.27. The Bertz CT molecular complexity index is 485. The highest BCUT2D eigenvalue weighted by molar-refractivity contribution is 5.85. The van der Waals surface area contributed by atoms with E-state index in [-0.39, 0.29) is 11.5 Å². The van der Waals surface area contributed by atoms with Gasteiger partial charge in [-0.1, -0.05) is 5.16 Å². The topological polar surface area (TPSA) is 102 Å². The Labute approximate surface area is 110 Å². The van der Waals surface area contributed by atoms with Crippen LogP contribution in [0.15, 0.2) is 10.6 Å². The molecule has 0 unspecified atom stereocenters. The van der Waals surface area contributed by atoms with Crippen molar-refractivity contribution in [3.8, 4) is 0 Å². The second kappa shape index (κ2) is 4.91. The van der Waals surface area contributed by atoms with E-state index in [1.165, 1.54) is 6.07 Å². The van der Waals surface area contributed by atoms with Gasteiger partial charge in [-0.25, -0.2) is 9.59 Å². The number of ether oxygens (including phenoxy) is 1. The van der Waals surface area contributed by atoms with Crippen LogP contribution in [0.2, 0.25) is 0 Å². The molecule has 0 radical (unpaired) electrons. The van der Waals surface area contributed by atoms with Gasteiger partial charge in [-0.05, 0) is 34.6 Å². The number of carboxylic acids is 1. The van der Waals surface area contributed by atoms with Gasteiger partial charge in [0.2, 0.25) is 0 Å². The molecule has 1 rings (SSSR count). The number of alkyl carbamates (subject to hydrolysis) is 1. The zero-order chi connectivity index (χ0) is 14.8. The summed E-state index contributed by atoms with van der Waals surface area (Å²) in [6.45, 7) is 8.55. The van der Waals surface area contributed by atoms with E-state index in [2.05, 4.69) is 10.5 Å². The molecule has 0 aliphatic carbocycles. The minimum absolute atomic E-state index is 0.214. The van der Waals surface area contributed by atoms with E-state index >= 15 is 0 Å². The normalized spacial score (nSPS) is 12.1. The van der Waals surface area contributed by atoms with E-state index in [1.54, 1.807) is 34.6 Å². The lowest BCUT2D eigenvalue weighted by Gasteiger charge is -2.26. The van der Waals surface area contributed by atoms with Crippen LogP contribution in [0.4, 0.5) is 4.79 Å².